The Hall–Kier alpha value is -2.24. The molecular weight excluding hydrogens is 260 g/mol. The zero-order valence-corrected chi connectivity index (χ0v) is 11.2. The number of nitrogens with zero attached hydrogens (tertiary/aromatic N) is 1. The molecular formula is C14H16N2O4. The third-order valence-corrected chi connectivity index (χ3v) is 3.37. The number of rotatable bonds is 2. The first-order chi connectivity index (χ1) is 9.63. The molecule has 6 heteroatoms. The lowest BCUT2D eigenvalue weighted by molar-refractivity contribution is -0.119. The molecule has 0 saturated carbocycles. The van der Waals surface area contributed by atoms with E-state index in [1.54, 1.807) is 4.90 Å². The number of benzene rings is 1. The molecule has 1 N–H and O–H groups in total. The van der Waals surface area contributed by atoms with E-state index in [0.717, 1.165) is 5.69 Å². The summed E-state index contributed by atoms with van der Waals surface area (Å²) in [6.45, 7) is 2.99. The van der Waals surface area contributed by atoms with Crippen molar-refractivity contribution in [3.63, 3.8) is 0 Å². The van der Waals surface area contributed by atoms with Gasteiger partial charge in [-0.1, -0.05) is 0 Å². The Labute approximate surface area is 116 Å². The highest BCUT2D eigenvalue weighted by Gasteiger charge is 2.31. The van der Waals surface area contributed by atoms with E-state index in [4.69, 9.17) is 9.47 Å². The zero-order chi connectivity index (χ0) is 14.1. The van der Waals surface area contributed by atoms with Crippen molar-refractivity contribution in [2.24, 2.45) is 0 Å². The van der Waals surface area contributed by atoms with Crippen LogP contribution in [0.15, 0.2) is 18.2 Å². The summed E-state index contributed by atoms with van der Waals surface area (Å²) in [5.41, 5.74) is 0.770. The Morgan fingerprint density at radius 3 is 2.80 bits per heavy atom. The van der Waals surface area contributed by atoms with E-state index in [0.29, 0.717) is 37.7 Å². The van der Waals surface area contributed by atoms with Gasteiger partial charge in [-0.3, -0.25) is 9.59 Å². The van der Waals surface area contributed by atoms with Crippen LogP contribution in [0, 0.1) is 0 Å². The van der Waals surface area contributed by atoms with Crippen molar-refractivity contribution in [3.05, 3.63) is 18.2 Å². The Kier molecular flexibility index (Phi) is 3.22. The van der Waals surface area contributed by atoms with Crippen LogP contribution in [0.2, 0.25) is 0 Å². The first-order valence-electron chi connectivity index (χ1n) is 6.60. The average Bonchev–Trinajstić information content (AvgIpc) is 2.78. The van der Waals surface area contributed by atoms with E-state index in [9.17, 15) is 9.59 Å². The minimum Gasteiger partial charge on any atom is -0.486 e. The molecule has 1 aromatic carbocycles. The molecule has 2 amide bonds. The molecule has 2 heterocycles. The third kappa shape index (κ3) is 2.41. The van der Waals surface area contributed by atoms with Gasteiger partial charge in [0.05, 0.1) is 6.04 Å². The average molecular weight is 276 g/mol. The predicted molar refractivity (Wildman–Crippen MR) is 72.0 cm³/mol. The number of hydrogen-bond acceptors (Lipinski definition) is 4. The summed E-state index contributed by atoms with van der Waals surface area (Å²) in [5, 5.41) is 2.78. The van der Waals surface area contributed by atoms with Crippen LogP contribution in [-0.2, 0) is 9.59 Å². The van der Waals surface area contributed by atoms with Crippen molar-refractivity contribution in [1.29, 1.82) is 0 Å². The number of fused-ring (bicyclic) bond motifs is 1. The molecule has 1 saturated heterocycles. The molecule has 2 aliphatic heterocycles. The van der Waals surface area contributed by atoms with Crippen molar-refractivity contribution >= 4 is 17.5 Å². The van der Waals surface area contributed by atoms with Gasteiger partial charge >= 0.3 is 0 Å². The molecule has 6 nitrogen and oxygen atoms in total. The highest BCUT2D eigenvalue weighted by molar-refractivity contribution is 5.97. The van der Waals surface area contributed by atoms with Crippen LogP contribution in [0.5, 0.6) is 11.5 Å². The van der Waals surface area contributed by atoms with Crippen molar-refractivity contribution in [1.82, 2.24) is 5.32 Å². The smallest absolute Gasteiger partial charge is 0.229 e. The molecule has 0 aromatic heterocycles. The fourth-order valence-electron chi connectivity index (χ4n) is 2.54. The zero-order valence-electron chi connectivity index (χ0n) is 11.2. The predicted octanol–water partition coefficient (Wildman–Crippen LogP) is 0.699. The lowest BCUT2D eigenvalue weighted by Gasteiger charge is -2.22. The number of anilines is 1. The number of carbonyl (C=O) groups is 2. The van der Waals surface area contributed by atoms with Gasteiger partial charge in [-0.25, -0.2) is 0 Å². The summed E-state index contributed by atoms with van der Waals surface area (Å²) < 4.78 is 11.0. The van der Waals surface area contributed by atoms with Crippen LogP contribution < -0.4 is 19.7 Å². The maximum atomic E-state index is 12.0. The van der Waals surface area contributed by atoms with E-state index in [2.05, 4.69) is 5.32 Å². The summed E-state index contributed by atoms with van der Waals surface area (Å²) in [5.74, 6) is 1.24. The van der Waals surface area contributed by atoms with Crippen molar-refractivity contribution in [3.8, 4) is 11.5 Å². The van der Waals surface area contributed by atoms with Crippen LogP contribution in [0.1, 0.15) is 13.3 Å². The summed E-state index contributed by atoms with van der Waals surface area (Å²) in [6, 6.07) is 5.32. The standard InChI is InChI=1S/C14H16N2O4/c1-9(17)15-10-6-14(18)16(8-10)11-2-3-12-13(7-11)20-5-4-19-12/h2-3,7,10H,4-6,8H2,1H3,(H,15,17)/t10-/m0/s1. The van der Waals surface area contributed by atoms with Crippen LogP contribution in [0.3, 0.4) is 0 Å². The monoisotopic (exact) mass is 276 g/mol. The largest absolute Gasteiger partial charge is 0.486 e. The molecule has 1 atom stereocenters. The van der Waals surface area contributed by atoms with E-state index in [-0.39, 0.29) is 17.9 Å². The van der Waals surface area contributed by atoms with Crippen LogP contribution in [-0.4, -0.2) is 37.6 Å². The maximum absolute atomic E-state index is 12.0. The second kappa shape index (κ2) is 5.03. The lowest BCUT2D eigenvalue weighted by atomic mass is 10.2. The third-order valence-electron chi connectivity index (χ3n) is 3.37. The molecule has 20 heavy (non-hydrogen) atoms. The fraction of sp³-hybridized carbons (Fsp3) is 0.429. The molecule has 3 rings (SSSR count). The number of ether oxygens (including phenoxy) is 2. The number of hydrogen-bond donors (Lipinski definition) is 1. The Morgan fingerprint density at radius 2 is 2.05 bits per heavy atom. The van der Waals surface area contributed by atoms with E-state index in [1.807, 2.05) is 18.2 Å². The summed E-state index contributed by atoms with van der Waals surface area (Å²) in [6.07, 6.45) is 0.327. The quantitative estimate of drug-likeness (QED) is 0.863. The molecule has 0 unspecified atom stereocenters. The van der Waals surface area contributed by atoms with Gasteiger partial charge in [0.15, 0.2) is 11.5 Å². The van der Waals surface area contributed by atoms with E-state index < -0.39 is 0 Å². The Bertz CT molecular complexity index is 558. The van der Waals surface area contributed by atoms with Crippen molar-refractivity contribution in [2.45, 2.75) is 19.4 Å². The van der Waals surface area contributed by atoms with Gasteiger partial charge in [-0.2, -0.15) is 0 Å². The maximum Gasteiger partial charge on any atom is 0.229 e. The molecule has 0 bridgehead atoms. The second-order valence-corrected chi connectivity index (χ2v) is 4.93. The van der Waals surface area contributed by atoms with Gasteiger partial charge in [0.25, 0.3) is 0 Å². The highest BCUT2D eigenvalue weighted by atomic mass is 16.6. The molecule has 106 valence electrons. The summed E-state index contributed by atoms with van der Waals surface area (Å²) >= 11 is 0. The first kappa shape index (κ1) is 12.8. The van der Waals surface area contributed by atoms with Gasteiger partial charge in [0, 0.05) is 31.6 Å². The Balaban J connectivity index is 1.79. The van der Waals surface area contributed by atoms with E-state index >= 15 is 0 Å². The normalized spacial score (nSPS) is 20.9. The number of nitrogens with one attached hydrogen (secondary N) is 1. The molecule has 1 aromatic rings. The Morgan fingerprint density at radius 1 is 1.30 bits per heavy atom. The lowest BCUT2D eigenvalue weighted by Crippen LogP contribution is -2.35. The highest BCUT2D eigenvalue weighted by Crippen LogP contribution is 2.35. The second-order valence-electron chi connectivity index (χ2n) is 4.93. The number of amides is 2. The van der Waals surface area contributed by atoms with E-state index in [1.165, 1.54) is 6.92 Å². The van der Waals surface area contributed by atoms with Gasteiger partial charge in [-0.05, 0) is 12.1 Å². The summed E-state index contributed by atoms with van der Waals surface area (Å²) in [7, 11) is 0. The minimum atomic E-state index is -0.131. The van der Waals surface area contributed by atoms with Gasteiger partial charge in [0.1, 0.15) is 13.2 Å². The molecule has 1 fully saturated rings. The summed E-state index contributed by atoms with van der Waals surface area (Å²) in [4.78, 5) is 24.8. The van der Waals surface area contributed by atoms with Crippen molar-refractivity contribution < 1.29 is 19.1 Å². The number of carbonyl (C=O) groups excluding carboxylic acids is 2. The molecule has 0 radical (unpaired) electrons. The van der Waals surface area contributed by atoms with Crippen LogP contribution in [0.4, 0.5) is 5.69 Å². The van der Waals surface area contributed by atoms with Crippen LogP contribution >= 0.6 is 0 Å². The minimum absolute atomic E-state index is 0.000396. The topological polar surface area (TPSA) is 67.9 Å². The van der Waals surface area contributed by atoms with Crippen LogP contribution in [0.25, 0.3) is 0 Å². The van der Waals surface area contributed by atoms with Gasteiger partial charge < -0.3 is 19.7 Å². The molecule has 0 aliphatic carbocycles. The molecule has 0 spiro atoms. The van der Waals surface area contributed by atoms with Gasteiger partial charge in [0.2, 0.25) is 11.8 Å². The SMILES string of the molecule is CC(=O)N[C@H]1CC(=O)N(c2ccc3c(c2)OCCO3)C1. The van der Waals surface area contributed by atoms with Gasteiger partial charge in [-0.15, -0.1) is 0 Å². The fourth-order valence-corrected chi connectivity index (χ4v) is 2.54. The first-order valence-corrected chi connectivity index (χ1v) is 6.60. The molecule has 2 aliphatic rings. The van der Waals surface area contributed by atoms with Crippen molar-refractivity contribution in [2.75, 3.05) is 24.7 Å².